The van der Waals surface area contributed by atoms with E-state index in [4.69, 9.17) is 0 Å². The van der Waals surface area contributed by atoms with Gasteiger partial charge in [0, 0.05) is 49.3 Å². The molecule has 0 unspecified atom stereocenters. The van der Waals surface area contributed by atoms with Crippen LogP contribution >= 0.6 is 0 Å². The van der Waals surface area contributed by atoms with Gasteiger partial charge in [-0.1, -0.05) is 18.2 Å². The monoisotopic (exact) mass is 538 g/mol. The van der Waals surface area contributed by atoms with E-state index >= 15 is 0 Å². The Morgan fingerprint density at radius 2 is 1.71 bits per heavy atom. The van der Waals surface area contributed by atoms with Crippen LogP contribution in [-0.2, 0) is 19.7 Å². The van der Waals surface area contributed by atoms with E-state index in [9.17, 15) is 18.0 Å². The third-order valence-electron chi connectivity index (χ3n) is 6.00. The van der Waals surface area contributed by atoms with Crippen molar-refractivity contribution in [1.29, 1.82) is 0 Å². The van der Waals surface area contributed by atoms with Gasteiger partial charge in [-0.3, -0.25) is 9.59 Å². The Bertz CT molecular complexity index is 1310. The molecule has 3 aromatic rings. The number of aromatic nitrogens is 2. The zero-order valence-corrected chi connectivity index (χ0v) is 21.6. The minimum Gasteiger partial charge on any atom is -0.369 e. The van der Waals surface area contributed by atoms with Gasteiger partial charge in [-0.25, -0.2) is 18.4 Å². The number of nitrogens with one attached hydrogen (secondary N) is 3. The number of carbonyl (C=O) groups is 2. The van der Waals surface area contributed by atoms with Gasteiger partial charge in [-0.2, -0.15) is 0 Å². The van der Waals surface area contributed by atoms with E-state index < -0.39 is 16.0 Å². The second-order valence-corrected chi connectivity index (χ2v) is 10.4. The second-order valence-electron chi connectivity index (χ2n) is 8.78. The summed E-state index contributed by atoms with van der Waals surface area (Å²) in [6.07, 6.45) is 6.40. The van der Waals surface area contributed by atoms with Crippen LogP contribution in [0.4, 0.5) is 11.6 Å². The maximum atomic E-state index is 12.5. The smallest absolute Gasteiger partial charge is 0.327 e. The van der Waals surface area contributed by atoms with Crippen LogP contribution in [0.1, 0.15) is 36.0 Å². The number of rotatable bonds is 10. The summed E-state index contributed by atoms with van der Waals surface area (Å²) in [4.78, 5) is 41.6. The molecule has 0 aliphatic carbocycles. The molecule has 2 aromatic carbocycles. The van der Waals surface area contributed by atoms with Gasteiger partial charge in [0.2, 0.25) is 5.95 Å². The van der Waals surface area contributed by atoms with E-state index in [0.29, 0.717) is 11.5 Å². The molecule has 0 bridgehead atoms. The summed E-state index contributed by atoms with van der Waals surface area (Å²) in [5, 5.41) is 6.05. The van der Waals surface area contributed by atoms with Crippen molar-refractivity contribution in [1.82, 2.24) is 20.2 Å². The number of amides is 1. The third kappa shape index (κ3) is 7.73. The van der Waals surface area contributed by atoms with E-state index in [0.717, 1.165) is 38.0 Å². The fraction of sp³-hybridized carbons (Fsp3) is 0.308. The van der Waals surface area contributed by atoms with Crippen molar-refractivity contribution in [2.45, 2.75) is 36.6 Å². The first-order valence-electron chi connectivity index (χ1n) is 12.3. The van der Waals surface area contributed by atoms with Crippen LogP contribution in [0.5, 0.6) is 0 Å². The Morgan fingerprint density at radius 3 is 2.45 bits per heavy atom. The van der Waals surface area contributed by atoms with Crippen LogP contribution in [0.2, 0.25) is 0 Å². The lowest BCUT2D eigenvalue weighted by atomic mass is 10.1. The molecular formula is C26H30N6O5S. The highest BCUT2D eigenvalue weighted by molar-refractivity contribution is 7.89. The molecule has 0 radical (unpaired) electrons. The van der Waals surface area contributed by atoms with E-state index in [2.05, 4.69) is 30.3 Å². The van der Waals surface area contributed by atoms with Crippen LogP contribution in [-0.4, -0.2) is 55.9 Å². The van der Waals surface area contributed by atoms with Gasteiger partial charge >= 0.3 is 5.97 Å². The van der Waals surface area contributed by atoms with Crippen molar-refractivity contribution in [3.05, 3.63) is 78.6 Å². The average molecular weight is 539 g/mol. The number of hydrogen-bond acceptors (Lipinski definition) is 9. The van der Waals surface area contributed by atoms with Crippen molar-refractivity contribution < 1.29 is 22.8 Å². The Hall–Kier alpha value is -4.03. The largest absolute Gasteiger partial charge is 0.369 e. The molecule has 12 heteroatoms. The van der Waals surface area contributed by atoms with Crippen LogP contribution in [0.3, 0.4) is 0 Å². The standard InChI is InChI=1S/C26H30N6O5S/c33-24(37-31-38(35,36)23-8-2-1-3-9-23)14-17-27-25(34)20-10-12-22(13-11-20)32-18-5-4-7-21(19-32)30-26-28-15-6-16-29-26/h1-3,6,8-13,15-16,21,31H,4-5,7,14,17-19H2,(H,27,34)(H,28,29,30)/t21-/m0/s1. The van der Waals surface area contributed by atoms with E-state index in [-0.39, 0.29) is 29.8 Å². The molecule has 2 heterocycles. The minimum absolute atomic E-state index is 0.00643. The number of anilines is 2. The zero-order valence-electron chi connectivity index (χ0n) is 20.7. The van der Waals surface area contributed by atoms with Gasteiger partial charge in [0.15, 0.2) is 0 Å². The fourth-order valence-electron chi connectivity index (χ4n) is 4.05. The minimum atomic E-state index is -3.97. The summed E-state index contributed by atoms with van der Waals surface area (Å²) in [6, 6.07) is 16.8. The predicted molar refractivity (Wildman–Crippen MR) is 142 cm³/mol. The Morgan fingerprint density at radius 1 is 0.974 bits per heavy atom. The first kappa shape index (κ1) is 27.0. The van der Waals surface area contributed by atoms with Gasteiger partial charge in [0.1, 0.15) is 0 Å². The maximum absolute atomic E-state index is 12.5. The lowest BCUT2D eigenvalue weighted by Crippen LogP contribution is -2.35. The highest BCUT2D eigenvalue weighted by Crippen LogP contribution is 2.21. The maximum Gasteiger partial charge on any atom is 0.327 e. The van der Waals surface area contributed by atoms with Crippen molar-refractivity contribution in [3.8, 4) is 0 Å². The SMILES string of the molecule is O=C(CCNC(=O)c1ccc(N2CCCC[C@H](Nc3ncccn3)C2)cc1)ONS(=O)(=O)c1ccccc1. The second kappa shape index (κ2) is 13.0. The number of hydrogen-bond donors (Lipinski definition) is 3. The molecule has 0 saturated carbocycles. The molecule has 0 spiro atoms. The highest BCUT2D eigenvalue weighted by Gasteiger charge is 2.20. The lowest BCUT2D eigenvalue weighted by Gasteiger charge is -2.27. The molecule has 1 amide bonds. The number of nitrogens with zero attached hydrogens (tertiary/aromatic N) is 3. The molecule has 1 aromatic heterocycles. The average Bonchev–Trinajstić information content (AvgIpc) is 3.18. The zero-order chi connectivity index (χ0) is 26.8. The van der Waals surface area contributed by atoms with Crippen LogP contribution < -0.4 is 20.4 Å². The molecule has 11 nitrogen and oxygen atoms in total. The van der Waals surface area contributed by atoms with Crippen molar-refractivity contribution >= 4 is 33.5 Å². The molecule has 1 aliphatic heterocycles. The Labute approximate surface area is 221 Å². The van der Waals surface area contributed by atoms with Gasteiger partial charge < -0.3 is 20.4 Å². The summed E-state index contributed by atoms with van der Waals surface area (Å²) in [5.74, 6) is -0.542. The van der Waals surface area contributed by atoms with Crippen molar-refractivity contribution in [2.75, 3.05) is 29.9 Å². The highest BCUT2D eigenvalue weighted by atomic mass is 32.2. The third-order valence-corrected chi connectivity index (χ3v) is 7.19. The van der Waals surface area contributed by atoms with E-state index in [1.807, 2.05) is 12.1 Å². The summed E-state index contributed by atoms with van der Waals surface area (Å²) in [6.45, 7) is 1.70. The molecule has 1 fully saturated rings. The Kier molecular flexibility index (Phi) is 9.22. The number of benzene rings is 2. The van der Waals surface area contributed by atoms with Gasteiger partial charge in [-0.15, -0.1) is 0 Å². The molecule has 200 valence electrons. The lowest BCUT2D eigenvalue weighted by molar-refractivity contribution is -0.146. The summed E-state index contributed by atoms with van der Waals surface area (Å²) in [5.41, 5.74) is 1.47. The quantitative estimate of drug-likeness (QED) is 0.332. The normalized spacial score (nSPS) is 15.8. The van der Waals surface area contributed by atoms with E-state index in [1.54, 1.807) is 53.7 Å². The summed E-state index contributed by atoms with van der Waals surface area (Å²) >= 11 is 0. The van der Waals surface area contributed by atoms with Crippen molar-refractivity contribution in [2.24, 2.45) is 0 Å². The molecule has 1 aliphatic rings. The summed E-state index contributed by atoms with van der Waals surface area (Å²) < 4.78 is 24.2. The van der Waals surface area contributed by atoms with Crippen LogP contribution in [0.25, 0.3) is 0 Å². The van der Waals surface area contributed by atoms with Gasteiger partial charge in [0.05, 0.1) is 11.3 Å². The van der Waals surface area contributed by atoms with Gasteiger partial charge in [-0.05, 0) is 66.6 Å². The van der Waals surface area contributed by atoms with Crippen LogP contribution in [0, 0.1) is 0 Å². The van der Waals surface area contributed by atoms with E-state index in [1.165, 1.54) is 12.1 Å². The molecule has 4 rings (SSSR count). The Balaban J connectivity index is 1.23. The molecule has 1 atom stereocenters. The molecular weight excluding hydrogens is 508 g/mol. The fourth-order valence-corrected chi connectivity index (χ4v) is 4.87. The first-order valence-corrected chi connectivity index (χ1v) is 13.8. The first-order chi connectivity index (χ1) is 18.4. The number of carbonyl (C=O) groups excluding carboxylic acids is 2. The summed E-state index contributed by atoms with van der Waals surface area (Å²) in [7, 11) is -3.97. The number of sulfonamides is 1. The predicted octanol–water partition coefficient (Wildman–Crippen LogP) is 2.50. The molecule has 3 N–H and O–H groups in total. The molecule has 38 heavy (non-hydrogen) atoms. The molecule has 1 saturated heterocycles. The van der Waals surface area contributed by atoms with Gasteiger partial charge in [0.25, 0.3) is 15.9 Å². The van der Waals surface area contributed by atoms with Crippen molar-refractivity contribution in [3.63, 3.8) is 0 Å². The van der Waals surface area contributed by atoms with Crippen LogP contribution in [0.15, 0.2) is 78.0 Å². The topological polar surface area (TPSA) is 143 Å².